The van der Waals surface area contributed by atoms with E-state index in [-0.39, 0.29) is 37.4 Å². The molecule has 0 unspecified atom stereocenters. The zero-order valence-corrected chi connectivity index (χ0v) is 19.2. The quantitative estimate of drug-likeness (QED) is 0.490. The minimum absolute atomic E-state index is 0.0477. The van der Waals surface area contributed by atoms with Gasteiger partial charge in [0.05, 0.1) is 29.4 Å². The molecule has 2 aliphatic rings. The number of carbonyl (C=O) groups is 2. The number of halogens is 3. The summed E-state index contributed by atoms with van der Waals surface area (Å²) in [6.45, 7) is 2.45. The number of piperazine rings is 1. The van der Waals surface area contributed by atoms with Crippen molar-refractivity contribution in [3.05, 3.63) is 58.1 Å². The van der Waals surface area contributed by atoms with Gasteiger partial charge in [0.15, 0.2) is 0 Å². The van der Waals surface area contributed by atoms with Gasteiger partial charge in [-0.3, -0.25) is 19.7 Å². The molecular weight excluding hydrogens is 483 g/mol. The number of ether oxygens (including phenoxy) is 1. The SMILES string of the molecule is O=C(Nc1ccc(N2CCN(C(=O)C(F)(F)F)CC2)cc1)c1cc([N+](=O)[O-])ccc1N1CCOCC1. The minimum atomic E-state index is -4.89. The number of nitro groups is 1. The van der Waals surface area contributed by atoms with Crippen LogP contribution in [0.1, 0.15) is 10.4 Å². The van der Waals surface area contributed by atoms with Gasteiger partial charge in [-0.15, -0.1) is 0 Å². The predicted molar refractivity (Wildman–Crippen MR) is 125 cm³/mol. The summed E-state index contributed by atoms with van der Waals surface area (Å²) in [5, 5.41) is 14.0. The summed E-state index contributed by atoms with van der Waals surface area (Å²) in [5.74, 6) is -2.34. The molecule has 0 bridgehead atoms. The minimum Gasteiger partial charge on any atom is -0.378 e. The lowest BCUT2D eigenvalue weighted by molar-refractivity contribution is -0.384. The Morgan fingerprint density at radius 1 is 0.917 bits per heavy atom. The fourth-order valence-electron chi connectivity index (χ4n) is 4.20. The molecule has 0 saturated carbocycles. The summed E-state index contributed by atoms with van der Waals surface area (Å²) < 4.78 is 43.3. The number of non-ortho nitro benzene ring substituents is 1. The van der Waals surface area contributed by atoms with Crippen LogP contribution in [0, 0.1) is 10.1 Å². The summed E-state index contributed by atoms with van der Waals surface area (Å²) in [7, 11) is 0. The van der Waals surface area contributed by atoms with Crippen LogP contribution in [0.5, 0.6) is 0 Å². The van der Waals surface area contributed by atoms with Crippen molar-refractivity contribution >= 4 is 34.6 Å². The molecule has 2 aromatic rings. The van der Waals surface area contributed by atoms with Crippen LogP contribution in [-0.2, 0) is 9.53 Å². The van der Waals surface area contributed by atoms with Crippen LogP contribution in [0.25, 0.3) is 0 Å². The van der Waals surface area contributed by atoms with Gasteiger partial charge < -0.3 is 24.8 Å². The molecule has 2 heterocycles. The van der Waals surface area contributed by atoms with E-state index in [0.29, 0.717) is 37.7 Å². The Hall–Kier alpha value is -3.87. The Labute approximate surface area is 204 Å². The van der Waals surface area contributed by atoms with E-state index >= 15 is 0 Å². The number of rotatable bonds is 5. The van der Waals surface area contributed by atoms with Crippen molar-refractivity contribution < 1.29 is 32.4 Å². The Bertz CT molecular complexity index is 1130. The maximum absolute atomic E-state index is 13.1. The number of hydrogen-bond donors (Lipinski definition) is 1. The molecule has 13 heteroatoms. The lowest BCUT2D eigenvalue weighted by Gasteiger charge is -2.36. The molecule has 0 atom stereocenters. The van der Waals surface area contributed by atoms with Gasteiger partial charge in [-0.2, -0.15) is 13.2 Å². The number of alkyl halides is 3. The van der Waals surface area contributed by atoms with Gasteiger partial charge in [0.2, 0.25) is 0 Å². The summed E-state index contributed by atoms with van der Waals surface area (Å²) in [5.41, 5.74) is 1.73. The van der Waals surface area contributed by atoms with Crippen LogP contribution in [0.3, 0.4) is 0 Å². The van der Waals surface area contributed by atoms with E-state index in [1.165, 1.54) is 12.1 Å². The molecule has 1 N–H and O–H groups in total. The van der Waals surface area contributed by atoms with Crippen molar-refractivity contribution in [1.29, 1.82) is 0 Å². The third-order valence-electron chi connectivity index (χ3n) is 6.09. The molecule has 4 rings (SSSR count). The molecule has 36 heavy (non-hydrogen) atoms. The Morgan fingerprint density at radius 3 is 2.14 bits per heavy atom. The van der Waals surface area contributed by atoms with E-state index in [9.17, 15) is 32.9 Å². The second-order valence-electron chi connectivity index (χ2n) is 8.34. The van der Waals surface area contributed by atoms with Crippen molar-refractivity contribution in [2.24, 2.45) is 0 Å². The van der Waals surface area contributed by atoms with Crippen molar-refractivity contribution in [3.63, 3.8) is 0 Å². The topological polar surface area (TPSA) is 108 Å². The molecule has 0 radical (unpaired) electrons. The predicted octanol–water partition coefficient (Wildman–Crippen LogP) is 2.89. The molecule has 10 nitrogen and oxygen atoms in total. The number of carbonyl (C=O) groups excluding carboxylic acids is 2. The maximum Gasteiger partial charge on any atom is 0.471 e. The second-order valence-corrected chi connectivity index (χ2v) is 8.34. The molecule has 2 fully saturated rings. The number of nitro benzene ring substituents is 1. The summed E-state index contributed by atoms with van der Waals surface area (Å²) in [6.07, 6.45) is -4.89. The van der Waals surface area contributed by atoms with Crippen molar-refractivity contribution in [1.82, 2.24) is 4.90 Å². The first kappa shape index (κ1) is 25.2. The fraction of sp³-hybridized carbons (Fsp3) is 0.391. The maximum atomic E-state index is 13.1. The first-order valence-corrected chi connectivity index (χ1v) is 11.3. The van der Waals surface area contributed by atoms with Gasteiger partial charge in [-0.1, -0.05) is 0 Å². The van der Waals surface area contributed by atoms with Crippen molar-refractivity contribution in [3.8, 4) is 0 Å². The Balaban J connectivity index is 1.44. The molecule has 2 saturated heterocycles. The molecule has 2 amide bonds. The van der Waals surface area contributed by atoms with E-state index in [0.717, 1.165) is 10.6 Å². The van der Waals surface area contributed by atoms with Gasteiger partial charge in [0.1, 0.15) is 0 Å². The number of morpholine rings is 1. The molecule has 0 spiro atoms. The largest absolute Gasteiger partial charge is 0.471 e. The van der Waals surface area contributed by atoms with Crippen LogP contribution in [0.15, 0.2) is 42.5 Å². The van der Waals surface area contributed by atoms with Gasteiger partial charge in [0, 0.05) is 62.8 Å². The molecule has 192 valence electrons. The van der Waals surface area contributed by atoms with Crippen LogP contribution < -0.4 is 15.1 Å². The molecule has 0 aliphatic carbocycles. The second kappa shape index (κ2) is 10.4. The fourth-order valence-corrected chi connectivity index (χ4v) is 4.20. The number of nitrogens with one attached hydrogen (secondary N) is 1. The van der Waals surface area contributed by atoms with E-state index < -0.39 is 22.9 Å². The average Bonchev–Trinajstić information content (AvgIpc) is 2.88. The highest BCUT2D eigenvalue weighted by molar-refractivity contribution is 6.08. The highest BCUT2D eigenvalue weighted by atomic mass is 19.4. The first-order chi connectivity index (χ1) is 17.1. The summed E-state index contributed by atoms with van der Waals surface area (Å²) >= 11 is 0. The molecule has 0 aromatic heterocycles. The number of anilines is 3. The van der Waals surface area contributed by atoms with Gasteiger partial charge in [-0.05, 0) is 30.3 Å². The summed E-state index contributed by atoms with van der Waals surface area (Å²) in [4.78, 5) is 39.8. The zero-order valence-electron chi connectivity index (χ0n) is 19.2. The van der Waals surface area contributed by atoms with E-state index in [1.807, 2.05) is 9.80 Å². The Kier molecular flexibility index (Phi) is 7.29. The third kappa shape index (κ3) is 5.67. The first-order valence-electron chi connectivity index (χ1n) is 11.3. The van der Waals surface area contributed by atoms with Crippen LogP contribution in [-0.4, -0.2) is 80.3 Å². The standard InChI is InChI=1S/C23H24F3N5O5/c24-23(25,26)22(33)30-9-7-28(8-10-30)17-3-1-16(2-4-17)27-21(32)19-15-18(31(34)35)5-6-20(19)29-11-13-36-14-12-29/h1-6,15H,7-14H2,(H,27,32). The number of benzene rings is 2. The highest BCUT2D eigenvalue weighted by Crippen LogP contribution is 2.28. The van der Waals surface area contributed by atoms with Gasteiger partial charge in [-0.25, -0.2) is 0 Å². The van der Waals surface area contributed by atoms with Crippen LogP contribution in [0.4, 0.5) is 35.9 Å². The number of amides is 2. The number of hydrogen-bond acceptors (Lipinski definition) is 7. The van der Waals surface area contributed by atoms with Gasteiger partial charge >= 0.3 is 12.1 Å². The molecule has 2 aliphatic heterocycles. The lowest BCUT2D eigenvalue weighted by atomic mass is 10.1. The van der Waals surface area contributed by atoms with E-state index in [1.54, 1.807) is 30.3 Å². The number of nitrogens with zero attached hydrogens (tertiary/aromatic N) is 4. The molecular formula is C23H24F3N5O5. The summed E-state index contributed by atoms with van der Waals surface area (Å²) in [6, 6.07) is 10.9. The molecule has 2 aromatic carbocycles. The lowest BCUT2D eigenvalue weighted by Crippen LogP contribution is -2.52. The van der Waals surface area contributed by atoms with Crippen LogP contribution >= 0.6 is 0 Å². The third-order valence-corrected chi connectivity index (χ3v) is 6.09. The smallest absolute Gasteiger partial charge is 0.378 e. The van der Waals surface area contributed by atoms with Crippen molar-refractivity contribution in [2.45, 2.75) is 6.18 Å². The zero-order chi connectivity index (χ0) is 25.9. The van der Waals surface area contributed by atoms with Gasteiger partial charge in [0.25, 0.3) is 11.6 Å². The van der Waals surface area contributed by atoms with E-state index in [2.05, 4.69) is 5.32 Å². The highest BCUT2D eigenvalue weighted by Gasteiger charge is 2.43. The average molecular weight is 507 g/mol. The van der Waals surface area contributed by atoms with Crippen LogP contribution in [0.2, 0.25) is 0 Å². The van der Waals surface area contributed by atoms with Crippen molar-refractivity contribution in [2.75, 3.05) is 67.6 Å². The Morgan fingerprint density at radius 2 is 1.56 bits per heavy atom. The van der Waals surface area contributed by atoms with E-state index in [4.69, 9.17) is 4.74 Å². The normalized spacial score (nSPS) is 16.6. The monoisotopic (exact) mass is 507 g/mol.